The van der Waals surface area contributed by atoms with Gasteiger partial charge in [-0.15, -0.1) is 0 Å². The number of methoxy groups -OCH3 is 1. The Morgan fingerprint density at radius 1 is 0.946 bits per heavy atom. The summed E-state index contributed by atoms with van der Waals surface area (Å²) >= 11 is 6.12. The van der Waals surface area contributed by atoms with Gasteiger partial charge in [0.15, 0.2) is 0 Å². The van der Waals surface area contributed by atoms with Crippen molar-refractivity contribution in [2.45, 2.75) is 13.3 Å². The predicted octanol–water partition coefficient (Wildman–Crippen LogP) is 5.03. The second-order valence-electron chi connectivity index (χ2n) is 7.68. The summed E-state index contributed by atoms with van der Waals surface area (Å²) in [7, 11) is 5.74. The molecule has 3 rings (SSSR count). The number of anilines is 1. The van der Waals surface area contributed by atoms with Crippen LogP contribution in [0.1, 0.15) is 31.8 Å². The van der Waals surface area contributed by atoms with Gasteiger partial charge in [0.2, 0.25) is 0 Å². The first-order valence-electron chi connectivity index (χ1n) is 11.0. The van der Waals surface area contributed by atoms with Crippen LogP contribution >= 0.6 is 11.6 Å². The van der Waals surface area contributed by atoms with Crippen molar-refractivity contribution in [3.8, 4) is 5.75 Å². The Morgan fingerprint density at radius 3 is 2.00 bits per heavy atom. The summed E-state index contributed by atoms with van der Waals surface area (Å²) in [5, 5.41) is 12.0. The van der Waals surface area contributed by atoms with Gasteiger partial charge in [-0.25, -0.2) is 4.79 Å². The molecule has 0 heterocycles. The molecule has 3 aromatic carbocycles. The number of benzene rings is 3. The molecule has 0 aliphatic carbocycles. The van der Waals surface area contributed by atoms with Crippen molar-refractivity contribution in [1.29, 1.82) is 0 Å². The third-order valence-corrected chi connectivity index (χ3v) is 5.29. The SMILES string of the molecule is C=O.C=O.CN(C)CCc1ccccc1.COc1ccc(C(=O)Nc2cc(C(=O)O)cc(C)c2Cl)cc1. The maximum atomic E-state index is 12.2. The molecule has 0 aliphatic rings. The molecule has 0 atom stereocenters. The molecule has 9 heteroatoms. The average Bonchev–Trinajstić information content (AvgIpc) is 2.93. The minimum absolute atomic E-state index is 0.0620. The van der Waals surface area contributed by atoms with Gasteiger partial charge in [0.05, 0.1) is 23.4 Å². The summed E-state index contributed by atoms with van der Waals surface area (Å²) in [5.74, 6) is -0.829. The highest BCUT2D eigenvalue weighted by Crippen LogP contribution is 2.28. The molecule has 0 bridgehead atoms. The molecule has 8 nitrogen and oxygen atoms in total. The Balaban J connectivity index is 0.000000725. The first-order valence-corrected chi connectivity index (χ1v) is 11.3. The molecule has 37 heavy (non-hydrogen) atoms. The van der Waals surface area contributed by atoms with Gasteiger partial charge in [-0.2, -0.15) is 0 Å². The van der Waals surface area contributed by atoms with Crippen molar-refractivity contribution < 1.29 is 29.0 Å². The third kappa shape index (κ3) is 12.0. The fourth-order valence-electron chi connectivity index (χ4n) is 2.92. The molecule has 0 fully saturated rings. The molecule has 2 N–H and O–H groups in total. The molecular formula is C28H33ClN2O6. The lowest BCUT2D eigenvalue weighted by Crippen LogP contribution is -2.14. The van der Waals surface area contributed by atoms with Crippen molar-refractivity contribution in [3.63, 3.8) is 0 Å². The van der Waals surface area contributed by atoms with E-state index in [-0.39, 0.29) is 17.2 Å². The summed E-state index contributed by atoms with van der Waals surface area (Å²) < 4.78 is 5.03. The standard InChI is InChI=1S/C16H14ClNO4.C10H15N.2CH2O/c1-9-7-11(16(20)21)8-13(14(9)17)18-15(19)10-3-5-12(22-2)6-4-10;1-11(2)9-8-10-6-4-3-5-7-10;2*1-2/h3-8H,1-2H3,(H,18,19)(H,20,21);3-7H,8-9H2,1-2H3;2*1H2. The van der Waals surface area contributed by atoms with E-state index in [1.54, 1.807) is 31.2 Å². The van der Waals surface area contributed by atoms with E-state index in [4.69, 9.17) is 31.0 Å². The Morgan fingerprint density at radius 2 is 1.51 bits per heavy atom. The number of aryl methyl sites for hydroxylation is 1. The molecule has 0 radical (unpaired) electrons. The van der Waals surface area contributed by atoms with Gasteiger partial charge in [0, 0.05) is 12.1 Å². The van der Waals surface area contributed by atoms with E-state index >= 15 is 0 Å². The number of aromatic carboxylic acids is 1. The number of halogens is 1. The number of rotatable bonds is 7. The zero-order chi connectivity index (χ0) is 28.4. The number of carboxylic acid groups (broad SMARTS) is 1. The van der Waals surface area contributed by atoms with Crippen LogP contribution in [-0.2, 0) is 16.0 Å². The van der Waals surface area contributed by atoms with Gasteiger partial charge in [0.1, 0.15) is 19.3 Å². The van der Waals surface area contributed by atoms with Crippen LogP contribution < -0.4 is 10.1 Å². The number of amides is 1. The number of carboxylic acids is 1. The van der Waals surface area contributed by atoms with E-state index < -0.39 is 5.97 Å². The second-order valence-corrected chi connectivity index (χ2v) is 8.06. The smallest absolute Gasteiger partial charge is 0.335 e. The quantitative estimate of drug-likeness (QED) is 0.442. The van der Waals surface area contributed by atoms with E-state index in [0.717, 1.165) is 13.0 Å². The number of nitrogens with zero attached hydrogens (tertiary/aromatic N) is 1. The minimum Gasteiger partial charge on any atom is -0.497 e. The van der Waals surface area contributed by atoms with Crippen LogP contribution in [0.5, 0.6) is 5.75 Å². The molecule has 0 saturated heterocycles. The Hall–Kier alpha value is -4.01. The third-order valence-electron chi connectivity index (χ3n) is 4.79. The zero-order valence-electron chi connectivity index (χ0n) is 21.5. The summed E-state index contributed by atoms with van der Waals surface area (Å²) in [6, 6.07) is 19.9. The van der Waals surface area contributed by atoms with Gasteiger partial charge in [-0.05, 0) is 75.0 Å². The van der Waals surface area contributed by atoms with Crippen LogP contribution in [0.2, 0.25) is 5.02 Å². The number of likely N-dealkylation sites (N-methyl/N-ethyl adjacent to an activating group) is 1. The molecule has 0 aliphatic heterocycles. The minimum atomic E-state index is -1.08. The molecule has 1 amide bonds. The van der Waals surface area contributed by atoms with Gasteiger partial charge in [-0.3, -0.25) is 4.79 Å². The molecule has 0 spiro atoms. The van der Waals surface area contributed by atoms with Crippen LogP contribution in [0, 0.1) is 6.92 Å². The van der Waals surface area contributed by atoms with Crippen molar-refractivity contribution in [3.05, 3.63) is 94.0 Å². The highest BCUT2D eigenvalue weighted by Gasteiger charge is 2.14. The molecular weight excluding hydrogens is 496 g/mol. The van der Waals surface area contributed by atoms with Gasteiger partial charge < -0.3 is 29.6 Å². The van der Waals surface area contributed by atoms with Gasteiger partial charge >= 0.3 is 5.97 Å². The first-order chi connectivity index (χ1) is 17.7. The average molecular weight is 529 g/mol. The molecule has 0 unspecified atom stereocenters. The maximum absolute atomic E-state index is 12.2. The maximum Gasteiger partial charge on any atom is 0.335 e. The highest BCUT2D eigenvalue weighted by molar-refractivity contribution is 6.34. The first kappa shape index (κ1) is 33.0. The van der Waals surface area contributed by atoms with Crippen LogP contribution in [0.25, 0.3) is 0 Å². The topological polar surface area (TPSA) is 113 Å². The number of hydrogen-bond acceptors (Lipinski definition) is 6. The van der Waals surface area contributed by atoms with Crippen molar-refractivity contribution in [2.24, 2.45) is 0 Å². The van der Waals surface area contributed by atoms with Crippen LogP contribution in [-0.4, -0.2) is 63.2 Å². The summed E-state index contributed by atoms with van der Waals surface area (Å²) in [6.45, 7) is 6.81. The second kappa shape index (κ2) is 18.3. The molecule has 198 valence electrons. The number of carbonyl (C=O) groups excluding carboxylic acids is 3. The number of carbonyl (C=O) groups is 4. The molecule has 0 aromatic heterocycles. The summed E-state index contributed by atoms with van der Waals surface area (Å²) in [6.07, 6.45) is 1.15. The van der Waals surface area contributed by atoms with E-state index in [1.807, 2.05) is 13.6 Å². The summed E-state index contributed by atoms with van der Waals surface area (Å²) in [5.41, 5.74) is 2.73. The van der Waals surface area contributed by atoms with E-state index in [9.17, 15) is 9.59 Å². The van der Waals surface area contributed by atoms with Gasteiger partial charge in [-0.1, -0.05) is 41.9 Å². The monoisotopic (exact) mass is 528 g/mol. The Kier molecular flexibility index (Phi) is 16.3. The summed E-state index contributed by atoms with van der Waals surface area (Å²) in [4.78, 5) is 41.5. The van der Waals surface area contributed by atoms with Crippen LogP contribution in [0.4, 0.5) is 5.69 Å². The number of ether oxygens (including phenoxy) is 1. The highest BCUT2D eigenvalue weighted by atomic mass is 35.5. The lowest BCUT2D eigenvalue weighted by Gasteiger charge is -2.11. The van der Waals surface area contributed by atoms with Gasteiger partial charge in [0.25, 0.3) is 5.91 Å². The van der Waals surface area contributed by atoms with Crippen molar-refractivity contribution >= 4 is 42.7 Å². The normalized spacial score (nSPS) is 9.35. The molecule has 0 saturated carbocycles. The van der Waals surface area contributed by atoms with E-state index in [2.05, 4.69) is 54.6 Å². The van der Waals surface area contributed by atoms with E-state index in [1.165, 1.54) is 24.8 Å². The Labute approximate surface area is 222 Å². The van der Waals surface area contributed by atoms with Crippen molar-refractivity contribution in [2.75, 3.05) is 33.1 Å². The number of nitrogens with one attached hydrogen (secondary N) is 1. The Bertz CT molecular complexity index is 1100. The van der Waals surface area contributed by atoms with Crippen LogP contribution in [0.3, 0.4) is 0 Å². The predicted molar refractivity (Wildman–Crippen MR) is 147 cm³/mol. The largest absolute Gasteiger partial charge is 0.497 e. The fraction of sp³-hybridized carbons (Fsp3) is 0.214. The molecule has 3 aromatic rings. The lowest BCUT2D eigenvalue weighted by molar-refractivity contribution is -0.0987. The van der Waals surface area contributed by atoms with Crippen LogP contribution in [0.15, 0.2) is 66.7 Å². The number of hydrogen-bond donors (Lipinski definition) is 2. The van der Waals surface area contributed by atoms with E-state index in [0.29, 0.717) is 21.9 Å². The fourth-order valence-corrected chi connectivity index (χ4v) is 3.07. The van der Waals surface area contributed by atoms with Crippen molar-refractivity contribution in [1.82, 2.24) is 4.90 Å². The zero-order valence-corrected chi connectivity index (χ0v) is 22.2. The lowest BCUT2D eigenvalue weighted by atomic mass is 10.1.